The maximum atomic E-state index is 5.67. The van der Waals surface area contributed by atoms with E-state index in [1.54, 1.807) is 12.4 Å². The maximum Gasteiger partial charge on any atom is 0.163 e. The van der Waals surface area contributed by atoms with Crippen LogP contribution in [0.25, 0.3) is 22.4 Å². The number of ether oxygens (including phenoxy) is 2. The molecule has 0 spiro atoms. The summed E-state index contributed by atoms with van der Waals surface area (Å²) in [6.45, 7) is 1.36. The molecule has 19 heavy (non-hydrogen) atoms. The van der Waals surface area contributed by atoms with Crippen molar-refractivity contribution in [1.82, 2.24) is 20.2 Å². The highest BCUT2D eigenvalue weighted by Gasteiger charge is 2.14. The molecule has 0 radical (unpaired) electrons. The van der Waals surface area contributed by atoms with E-state index < -0.39 is 0 Å². The van der Waals surface area contributed by atoms with Gasteiger partial charge in [-0.15, -0.1) is 0 Å². The Kier molecular flexibility index (Phi) is 2.20. The van der Waals surface area contributed by atoms with Gasteiger partial charge in [0.25, 0.3) is 0 Å². The fraction of sp³-hybridized carbons (Fsp3) is 0.231. The Balaban J connectivity index is 1.86. The topological polar surface area (TPSA) is 75.8 Å². The van der Waals surface area contributed by atoms with E-state index in [0.717, 1.165) is 40.3 Å². The third kappa shape index (κ3) is 1.72. The summed E-state index contributed by atoms with van der Waals surface area (Å²) in [5, 5.41) is 6.70. The molecule has 0 amide bonds. The van der Waals surface area contributed by atoms with Gasteiger partial charge in [0.15, 0.2) is 11.5 Å². The molecule has 1 aliphatic heterocycles. The van der Waals surface area contributed by atoms with Crippen molar-refractivity contribution in [2.75, 3.05) is 13.2 Å². The van der Waals surface area contributed by atoms with Gasteiger partial charge in [-0.25, -0.2) is 4.98 Å². The van der Waals surface area contributed by atoms with Crippen molar-refractivity contribution in [1.29, 1.82) is 0 Å². The standard InChI is InChI=1S/C13H12N4O2/c1-2-18-11-4-9-10(5-12(11)19-3-1)17-13(16-9)8-6-14-15-7-8/h4-7H,1-3H2,(H,14,15)(H,16,17). The molecule has 0 saturated carbocycles. The first kappa shape index (κ1) is 10.4. The monoisotopic (exact) mass is 256 g/mol. The number of aromatic nitrogens is 4. The average molecular weight is 256 g/mol. The van der Waals surface area contributed by atoms with Gasteiger partial charge in [0.1, 0.15) is 5.82 Å². The Bertz CT molecular complexity index is 675. The third-order valence-corrected chi connectivity index (χ3v) is 3.12. The summed E-state index contributed by atoms with van der Waals surface area (Å²) in [4.78, 5) is 7.80. The van der Waals surface area contributed by atoms with Gasteiger partial charge in [-0.05, 0) is 0 Å². The smallest absolute Gasteiger partial charge is 0.163 e. The minimum Gasteiger partial charge on any atom is -0.489 e. The number of nitrogens with zero attached hydrogens (tertiary/aromatic N) is 2. The molecule has 0 unspecified atom stereocenters. The van der Waals surface area contributed by atoms with Crippen molar-refractivity contribution in [3.05, 3.63) is 24.5 Å². The summed E-state index contributed by atoms with van der Waals surface area (Å²) in [6.07, 6.45) is 4.43. The first-order valence-corrected chi connectivity index (χ1v) is 6.19. The average Bonchev–Trinajstić information content (AvgIpc) is 3.01. The highest BCUT2D eigenvalue weighted by Crippen LogP contribution is 2.34. The van der Waals surface area contributed by atoms with Crippen LogP contribution in [-0.2, 0) is 0 Å². The molecule has 6 nitrogen and oxygen atoms in total. The molecule has 4 rings (SSSR count). The van der Waals surface area contributed by atoms with E-state index in [9.17, 15) is 0 Å². The van der Waals surface area contributed by atoms with Gasteiger partial charge in [0, 0.05) is 24.8 Å². The summed E-state index contributed by atoms with van der Waals surface area (Å²) in [7, 11) is 0. The number of aromatic amines is 2. The van der Waals surface area contributed by atoms with Crippen molar-refractivity contribution in [2.24, 2.45) is 0 Å². The minimum absolute atomic E-state index is 0.678. The number of H-pyrrole nitrogens is 2. The van der Waals surface area contributed by atoms with Crippen LogP contribution >= 0.6 is 0 Å². The molecule has 0 atom stereocenters. The van der Waals surface area contributed by atoms with Gasteiger partial charge in [0.05, 0.1) is 36.0 Å². The molecule has 2 aromatic heterocycles. The molecule has 1 aliphatic rings. The molecule has 1 aromatic carbocycles. The highest BCUT2D eigenvalue weighted by atomic mass is 16.5. The van der Waals surface area contributed by atoms with Crippen molar-refractivity contribution in [3.63, 3.8) is 0 Å². The molecular formula is C13H12N4O2. The minimum atomic E-state index is 0.678. The summed E-state index contributed by atoms with van der Waals surface area (Å²) in [5.41, 5.74) is 2.72. The first-order valence-electron chi connectivity index (χ1n) is 6.19. The lowest BCUT2D eigenvalue weighted by atomic mass is 10.3. The van der Waals surface area contributed by atoms with Crippen LogP contribution in [0.5, 0.6) is 11.5 Å². The number of hydrogen-bond acceptors (Lipinski definition) is 4. The lowest BCUT2D eigenvalue weighted by Gasteiger charge is -2.05. The number of fused-ring (bicyclic) bond motifs is 2. The van der Waals surface area contributed by atoms with Crippen molar-refractivity contribution < 1.29 is 9.47 Å². The van der Waals surface area contributed by atoms with Crippen LogP contribution in [0.1, 0.15) is 6.42 Å². The SMILES string of the molecule is c1n[nH]cc1-c1nc2cc3c(cc2[nH]1)OCCCO3. The number of nitrogens with one attached hydrogen (secondary N) is 2. The number of imidazole rings is 1. The number of benzene rings is 1. The predicted octanol–water partition coefficient (Wildman–Crippen LogP) is 2.11. The van der Waals surface area contributed by atoms with E-state index >= 15 is 0 Å². The van der Waals surface area contributed by atoms with Crippen LogP contribution in [0.4, 0.5) is 0 Å². The van der Waals surface area contributed by atoms with Gasteiger partial charge in [-0.1, -0.05) is 0 Å². The fourth-order valence-corrected chi connectivity index (χ4v) is 2.18. The molecule has 0 aliphatic carbocycles. The highest BCUT2D eigenvalue weighted by molar-refractivity contribution is 5.82. The molecule has 0 bridgehead atoms. The molecular weight excluding hydrogens is 244 g/mol. The quantitative estimate of drug-likeness (QED) is 0.699. The van der Waals surface area contributed by atoms with Crippen molar-refractivity contribution in [3.8, 4) is 22.9 Å². The maximum absolute atomic E-state index is 5.67. The zero-order valence-corrected chi connectivity index (χ0v) is 10.1. The van der Waals surface area contributed by atoms with Gasteiger partial charge in [-0.3, -0.25) is 5.10 Å². The van der Waals surface area contributed by atoms with Crippen LogP contribution in [0.15, 0.2) is 24.5 Å². The Morgan fingerprint density at radius 1 is 1.11 bits per heavy atom. The lowest BCUT2D eigenvalue weighted by molar-refractivity contribution is 0.297. The summed E-state index contributed by atoms with van der Waals surface area (Å²) in [5.74, 6) is 2.31. The van der Waals surface area contributed by atoms with E-state index in [-0.39, 0.29) is 0 Å². The largest absolute Gasteiger partial charge is 0.489 e. The second-order valence-electron chi connectivity index (χ2n) is 4.44. The molecule has 2 N–H and O–H groups in total. The predicted molar refractivity (Wildman–Crippen MR) is 69.3 cm³/mol. The molecule has 0 fully saturated rings. The first-order chi connectivity index (χ1) is 9.40. The van der Waals surface area contributed by atoms with Crippen molar-refractivity contribution in [2.45, 2.75) is 6.42 Å². The molecule has 96 valence electrons. The van der Waals surface area contributed by atoms with Crippen LogP contribution in [0.3, 0.4) is 0 Å². The van der Waals surface area contributed by atoms with Crippen molar-refractivity contribution >= 4 is 11.0 Å². The van der Waals surface area contributed by atoms with Crippen LogP contribution < -0.4 is 9.47 Å². The number of hydrogen-bond donors (Lipinski definition) is 2. The Morgan fingerprint density at radius 3 is 2.74 bits per heavy atom. The summed E-state index contributed by atoms with van der Waals surface area (Å²) in [6, 6.07) is 3.85. The van der Waals surface area contributed by atoms with E-state index in [4.69, 9.17) is 9.47 Å². The molecule has 3 heterocycles. The van der Waals surface area contributed by atoms with E-state index in [2.05, 4.69) is 20.2 Å². The van der Waals surface area contributed by atoms with E-state index in [0.29, 0.717) is 13.2 Å². The lowest BCUT2D eigenvalue weighted by Crippen LogP contribution is -1.97. The second kappa shape index (κ2) is 4.01. The Hall–Kier alpha value is -2.50. The number of rotatable bonds is 1. The third-order valence-electron chi connectivity index (χ3n) is 3.12. The van der Waals surface area contributed by atoms with E-state index in [1.165, 1.54) is 0 Å². The Labute approximate surface area is 108 Å². The van der Waals surface area contributed by atoms with E-state index in [1.807, 2.05) is 12.1 Å². The Morgan fingerprint density at radius 2 is 1.95 bits per heavy atom. The summed E-state index contributed by atoms with van der Waals surface area (Å²) >= 11 is 0. The van der Waals surface area contributed by atoms with Gasteiger partial charge in [0.2, 0.25) is 0 Å². The molecule has 0 saturated heterocycles. The molecule has 3 aromatic rings. The van der Waals surface area contributed by atoms with Crippen LogP contribution in [-0.4, -0.2) is 33.4 Å². The van der Waals surface area contributed by atoms with Crippen LogP contribution in [0, 0.1) is 0 Å². The second-order valence-corrected chi connectivity index (χ2v) is 4.44. The molecule has 6 heteroatoms. The normalized spacial score (nSPS) is 14.5. The van der Waals surface area contributed by atoms with Gasteiger partial charge >= 0.3 is 0 Å². The zero-order valence-electron chi connectivity index (χ0n) is 10.1. The van der Waals surface area contributed by atoms with Crippen LogP contribution in [0.2, 0.25) is 0 Å². The zero-order chi connectivity index (χ0) is 12.7. The fourth-order valence-electron chi connectivity index (χ4n) is 2.18. The summed E-state index contributed by atoms with van der Waals surface area (Å²) < 4.78 is 11.3. The van der Waals surface area contributed by atoms with Gasteiger partial charge < -0.3 is 14.5 Å². The van der Waals surface area contributed by atoms with Gasteiger partial charge in [-0.2, -0.15) is 5.10 Å².